The van der Waals surface area contributed by atoms with E-state index in [9.17, 15) is 9.90 Å². The van der Waals surface area contributed by atoms with Crippen molar-refractivity contribution < 1.29 is 14.6 Å². The second kappa shape index (κ2) is 5.42. The van der Waals surface area contributed by atoms with Crippen molar-refractivity contribution in [1.82, 2.24) is 5.32 Å². The molecule has 4 nitrogen and oxygen atoms in total. The molecule has 106 valence electrons. The highest BCUT2D eigenvalue weighted by molar-refractivity contribution is 6.22. The molecule has 1 aliphatic rings. The molecule has 4 heteroatoms. The third-order valence-corrected chi connectivity index (χ3v) is 3.44. The van der Waals surface area contributed by atoms with Gasteiger partial charge >= 0.3 is 5.97 Å². The largest absolute Gasteiger partial charge is 0.478 e. The van der Waals surface area contributed by atoms with Gasteiger partial charge in [-0.1, -0.05) is 30.3 Å². The number of benzene rings is 2. The molecule has 0 amide bonds. The lowest BCUT2D eigenvalue weighted by molar-refractivity contribution is -0.130. The van der Waals surface area contributed by atoms with Crippen molar-refractivity contribution >= 4 is 17.6 Å². The van der Waals surface area contributed by atoms with Crippen molar-refractivity contribution in [2.24, 2.45) is 0 Å². The molecule has 1 heterocycles. The Kier molecular flexibility index (Phi) is 3.46. The fraction of sp³-hybridized carbons (Fsp3) is 0.118. The third-order valence-electron chi connectivity index (χ3n) is 3.44. The highest BCUT2D eigenvalue weighted by Crippen LogP contribution is 2.39. The summed E-state index contributed by atoms with van der Waals surface area (Å²) in [5.74, 6) is 0.274. The average Bonchev–Trinajstić information content (AvgIpc) is 2.64. The van der Waals surface area contributed by atoms with Gasteiger partial charge in [-0.3, -0.25) is 0 Å². The SMILES string of the molecule is CNCc1cccc2c1C=C(C(=O)O)c1ccccc1O2. The van der Waals surface area contributed by atoms with Crippen LogP contribution in [0.4, 0.5) is 0 Å². The van der Waals surface area contributed by atoms with Gasteiger partial charge < -0.3 is 15.2 Å². The Morgan fingerprint density at radius 3 is 2.67 bits per heavy atom. The number of carboxylic acid groups (broad SMARTS) is 1. The molecule has 0 aromatic heterocycles. The van der Waals surface area contributed by atoms with Crippen molar-refractivity contribution in [2.75, 3.05) is 7.05 Å². The van der Waals surface area contributed by atoms with Crippen molar-refractivity contribution in [3.63, 3.8) is 0 Å². The first-order valence-electron chi connectivity index (χ1n) is 6.69. The zero-order valence-corrected chi connectivity index (χ0v) is 11.6. The standard InChI is InChI=1S/C17H15NO3/c1-18-10-11-5-4-8-16-13(11)9-14(17(19)20)12-6-2-3-7-15(12)21-16/h2-9,18H,10H2,1H3,(H,19,20). The van der Waals surface area contributed by atoms with Crippen molar-refractivity contribution in [3.05, 3.63) is 59.2 Å². The molecule has 0 saturated carbocycles. The molecule has 2 aromatic rings. The van der Waals surface area contributed by atoms with E-state index in [4.69, 9.17) is 4.74 Å². The van der Waals surface area contributed by atoms with Gasteiger partial charge in [-0.15, -0.1) is 0 Å². The smallest absolute Gasteiger partial charge is 0.336 e. The lowest BCUT2D eigenvalue weighted by Gasteiger charge is -2.11. The van der Waals surface area contributed by atoms with E-state index >= 15 is 0 Å². The zero-order valence-electron chi connectivity index (χ0n) is 11.6. The van der Waals surface area contributed by atoms with Crippen molar-refractivity contribution in [1.29, 1.82) is 0 Å². The number of para-hydroxylation sites is 1. The second-order valence-electron chi connectivity index (χ2n) is 4.82. The van der Waals surface area contributed by atoms with Crippen LogP contribution in [-0.2, 0) is 11.3 Å². The summed E-state index contributed by atoms with van der Waals surface area (Å²) in [6, 6.07) is 12.9. The topological polar surface area (TPSA) is 58.6 Å². The van der Waals surface area contributed by atoms with Gasteiger partial charge in [0.05, 0.1) is 5.57 Å². The first-order valence-corrected chi connectivity index (χ1v) is 6.69. The van der Waals surface area contributed by atoms with Crippen molar-refractivity contribution in [2.45, 2.75) is 6.54 Å². The molecule has 21 heavy (non-hydrogen) atoms. The number of carbonyl (C=O) groups is 1. The van der Waals surface area contributed by atoms with Gasteiger partial charge in [-0.25, -0.2) is 4.79 Å². The summed E-state index contributed by atoms with van der Waals surface area (Å²) < 4.78 is 5.93. The van der Waals surface area contributed by atoms with Crippen molar-refractivity contribution in [3.8, 4) is 11.5 Å². The number of rotatable bonds is 3. The molecular weight excluding hydrogens is 266 g/mol. The maximum atomic E-state index is 11.6. The summed E-state index contributed by atoms with van der Waals surface area (Å²) >= 11 is 0. The molecule has 0 aliphatic carbocycles. The van der Waals surface area contributed by atoms with Crippen LogP contribution in [-0.4, -0.2) is 18.1 Å². The van der Waals surface area contributed by atoms with Crippen LogP contribution >= 0.6 is 0 Å². The van der Waals surface area contributed by atoms with E-state index in [1.54, 1.807) is 18.2 Å². The van der Waals surface area contributed by atoms with Crippen LogP contribution in [0.1, 0.15) is 16.7 Å². The van der Waals surface area contributed by atoms with Crippen LogP contribution in [0.2, 0.25) is 0 Å². The van der Waals surface area contributed by atoms with Crippen LogP contribution < -0.4 is 10.1 Å². The number of nitrogens with one attached hydrogen (secondary N) is 1. The number of hydrogen-bond acceptors (Lipinski definition) is 3. The maximum absolute atomic E-state index is 11.6. The molecule has 2 aromatic carbocycles. The summed E-state index contributed by atoms with van der Waals surface area (Å²) in [6.07, 6.45) is 1.69. The van der Waals surface area contributed by atoms with E-state index in [-0.39, 0.29) is 5.57 Å². The maximum Gasteiger partial charge on any atom is 0.336 e. The zero-order chi connectivity index (χ0) is 14.8. The van der Waals surface area contributed by atoms with Gasteiger partial charge in [-0.05, 0) is 30.8 Å². The number of ether oxygens (including phenoxy) is 1. The second-order valence-corrected chi connectivity index (χ2v) is 4.82. The fourth-order valence-corrected chi connectivity index (χ4v) is 2.48. The summed E-state index contributed by atoms with van der Waals surface area (Å²) in [5, 5.41) is 12.6. The normalized spacial score (nSPS) is 12.5. The Hall–Kier alpha value is -2.59. The Morgan fingerprint density at radius 1 is 1.14 bits per heavy atom. The average molecular weight is 281 g/mol. The Morgan fingerprint density at radius 2 is 1.90 bits per heavy atom. The molecule has 1 aliphatic heterocycles. The monoisotopic (exact) mass is 281 g/mol. The number of fused-ring (bicyclic) bond motifs is 2. The summed E-state index contributed by atoms with van der Waals surface area (Å²) in [4.78, 5) is 11.6. The summed E-state index contributed by atoms with van der Waals surface area (Å²) in [7, 11) is 1.85. The quantitative estimate of drug-likeness (QED) is 0.907. The molecule has 0 spiro atoms. The Bertz CT molecular complexity index is 735. The lowest BCUT2D eigenvalue weighted by Crippen LogP contribution is -2.07. The van der Waals surface area contributed by atoms with Crippen LogP contribution in [0.15, 0.2) is 42.5 Å². The molecule has 0 unspecified atom stereocenters. The van der Waals surface area contributed by atoms with Crippen LogP contribution in [0.5, 0.6) is 11.5 Å². The molecule has 0 bridgehead atoms. The van der Waals surface area contributed by atoms with E-state index in [0.29, 0.717) is 23.6 Å². The van der Waals surface area contributed by atoms with E-state index in [1.807, 2.05) is 37.4 Å². The van der Waals surface area contributed by atoms with E-state index in [0.717, 1.165) is 11.1 Å². The number of aliphatic carboxylic acids is 1. The van der Waals surface area contributed by atoms with Gasteiger partial charge in [0.25, 0.3) is 0 Å². The predicted molar refractivity (Wildman–Crippen MR) is 81.2 cm³/mol. The summed E-state index contributed by atoms with van der Waals surface area (Å²) in [6.45, 7) is 0.645. The van der Waals surface area contributed by atoms with Gasteiger partial charge in [-0.2, -0.15) is 0 Å². The summed E-state index contributed by atoms with van der Waals surface area (Å²) in [5.41, 5.74) is 2.64. The van der Waals surface area contributed by atoms with E-state index < -0.39 is 5.97 Å². The van der Waals surface area contributed by atoms with Gasteiger partial charge in [0, 0.05) is 17.7 Å². The van der Waals surface area contributed by atoms with Crippen LogP contribution in [0.3, 0.4) is 0 Å². The molecule has 0 atom stereocenters. The molecule has 0 saturated heterocycles. The van der Waals surface area contributed by atoms with E-state index in [2.05, 4.69) is 5.32 Å². The Balaban J connectivity index is 2.26. The molecule has 0 fully saturated rings. The molecule has 3 rings (SSSR count). The minimum Gasteiger partial charge on any atom is -0.478 e. The fourth-order valence-electron chi connectivity index (χ4n) is 2.48. The number of carboxylic acids is 1. The number of hydrogen-bond donors (Lipinski definition) is 2. The predicted octanol–water partition coefficient (Wildman–Crippen LogP) is 3.14. The van der Waals surface area contributed by atoms with Gasteiger partial charge in [0.15, 0.2) is 0 Å². The van der Waals surface area contributed by atoms with Gasteiger partial charge in [0.2, 0.25) is 0 Å². The van der Waals surface area contributed by atoms with Crippen LogP contribution in [0, 0.1) is 0 Å². The van der Waals surface area contributed by atoms with Crippen LogP contribution in [0.25, 0.3) is 11.6 Å². The Labute approximate surface area is 122 Å². The third kappa shape index (κ3) is 2.41. The first-order chi connectivity index (χ1) is 10.2. The van der Waals surface area contributed by atoms with E-state index in [1.165, 1.54) is 0 Å². The highest BCUT2D eigenvalue weighted by atomic mass is 16.5. The molecule has 2 N–H and O–H groups in total. The lowest BCUT2D eigenvalue weighted by atomic mass is 10.00. The molecule has 0 radical (unpaired) electrons. The van der Waals surface area contributed by atoms with Gasteiger partial charge in [0.1, 0.15) is 11.5 Å². The highest BCUT2D eigenvalue weighted by Gasteiger charge is 2.21. The first kappa shape index (κ1) is 13.4. The molecular formula is C17H15NO3. The minimum absolute atomic E-state index is 0.243. The minimum atomic E-state index is -0.960.